The molecule has 1 fully saturated rings. The van der Waals surface area contributed by atoms with Crippen molar-refractivity contribution in [2.45, 2.75) is 25.0 Å². The van der Waals surface area contributed by atoms with E-state index in [2.05, 4.69) is 20.2 Å². The number of benzene rings is 1. The number of pyridine rings is 2. The molecule has 0 saturated carbocycles. The van der Waals surface area contributed by atoms with Crippen LogP contribution in [0.1, 0.15) is 12.8 Å². The number of rotatable bonds is 5. The molecular formula is C25H26N6O3. The molecule has 2 atom stereocenters. The standard InChI is InChI=1S/C25H26N6O3/c1-34-21-15-26-14-18-23(21)25(31-11-8-19(32)20(33)9-12-31)30-24(29-18)16-7-10-27-22(13-16)28-17-5-3-2-4-6-17/h2-7,10,13-15,19-20,32-33H,8-9,11-12H2,1H3,(H,27,28)/t19-,20+. The van der Waals surface area contributed by atoms with Gasteiger partial charge in [-0.05, 0) is 37.1 Å². The average Bonchev–Trinajstić information content (AvgIpc) is 3.04. The Morgan fingerprint density at radius 3 is 2.50 bits per heavy atom. The lowest BCUT2D eigenvalue weighted by atomic mass is 10.1. The summed E-state index contributed by atoms with van der Waals surface area (Å²) in [5.41, 5.74) is 2.39. The quantitative estimate of drug-likeness (QED) is 0.415. The third-order valence-electron chi connectivity index (χ3n) is 5.97. The molecule has 5 rings (SSSR count). The van der Waals surface area contributed by atoms with Crippen LogP contribution in [0.5, 0.6) is 5.75 Å². The Hall–Kier alpha value is -3.82. The number of hydrogen-bond acceptors (Lipinski definition) is 9. The van der Waals surface area contributed by atoms with E-state index < -0.39 is 12.2 Å². The molecule has 4 heterocycles. The van der Waals surface area contributed by atoms with E-state index in [1.165, 1.54) is 0 Å². The summed E-state index contributed by atoms with van der Waals surface area (Å²) in [6.07, 6.45) is 4.42. The molecule has 3 N–H and O–H groups in total. The first-order valence-corrected chi connectivity index (χ1v) is 11.2. The van der Waals surface area contributed by atoms with E-state index in [0.717, 1.165) is 16.6 Å². The minimum Gasteiger partial charge on any atom is -0.494 e. The van der Waals surface area contributed by atoms with Gasteiger partial charge in [-0.25, -0.2) is 15.0 Å². The van der Waals surface area contributed by atoms with Crippen LogP contribution in [0.4, 0.5) is 17.3 Å². The molecule has 1 aliphatic heterocycles. The molecule has 0 radical (unpaired) electrons. The number of fused-ring (bicyclic) bond motifs is 1. The highest BCUT2D eigenvalue weighted by atomic mass is 16.5. The summed E-state index contributed by atoms with van der Waals surface area (Å²) in [5, 5.41) is 24.4. The van der Waals surface area contributed by atoms with Gasteiger partial charge < -0.3 is 25.2 Å². The zero-order valence-electron chi connectivity index (χ0n) is 18.8. The van der Waals surface area contributed by atoms with Gasteiger partial charge in [0.05, 0.1) is 42.6 Å². The largest absolute Gasteiger partial charge is 0.494 e. The summed E-state index contributed by atoms with van der Waals surface area (Å²) in [6, 6.07) is 13.6. The van der Waals surface area contributed by atoms with Crippen molar-refractivity contribution in [1.29, 1.82) is 0 Å². The molecule has 0 spiro atoms. The maximum absolute atomic E-state index is 10.2. The van der Waals surface area contributed by atoms with Gasteiger partial charge in [0.15, 0.2) is 5.82 Å². The Kier molecular flexibility index (Phi) is 6.20. The third-order valence-corrected chi connectivity index (χ3v) is 5.97. The van der Waals surface area contributed by atoms with Crippen LogP contribution in [0.15, 0.2) is 61.1 Å². The fraction of sp³-hybridized carbons (Fsp3) is 0.280. The molecule has 9 nitrogen and oxygen atoms in total. The summed E-state index contributed by atoms with van der Waals surface area (Å²) in [5.74, 6) is 2.47. The predicted octanol–water partition coefficient (Wildman–Crippen LogP) is 3.16. The number of aliphatic hydroxyl groups is 2. The van der Waals surface area contributed by atoms with Crippen molar-refractivity contribution in [3.63, 3.8) is 0 Å². The molecule has 4 aromatic rings. The first kappa shape index (κ1) is 22.0. The highest BCUT2D eigenvalue weighted by Gasteiger charge is 2.26. The molecule has 0 aliphatic carbocycles. The number of aliphatic hydroxyl groups excluding tert-OH is 2. The number of hydrogen-bond donors (Lipinski definition) is 3. The molecule has 9 heteroatoms. The Bertz CT molecular complexity index is 1270. The van der Waals surface area contributed by atoms with E-state index >= 15 is 0 Å². The van der Waals surface area contributed by atoms with Gasteiger partial charge in [-0.2, -0.15) is 0 Å². The molecular weight excluding hydrogens is 432 g/mol. The van der Waals surface area contributed by atoms with Crippen LogP contribution >= 0.6 is 0 Å². The minimum absolute atomic E-state index is 0.440. The second-order valence-corrected chi connectivity index (χ2v) is 8.23. The number of ether oxygens (including phenoxy) is 1. The number of methoxy groups -OCH3 is 1. The predicted molar refractivity (Wildman–Crippen MR) is 130 cm³/mol. The third kappa shape index (κ3) is 4.48. The van der Waals surface area contributed by atoms with Crippen molar-refractivity contribution in [1.82, 2.24) is 19.9 Å². The van der Waals surface area contributed by atoms with E-state index in [0.29, 0.717) is 54.7 Å². The second kappa shape index (κ2) is 9.58. The molecule has 1 saturated heterocycles. The number of para-hydroxylation sites is 1. The molecule has 0 bridgehead atoms. The Morgan fingerprint density at radius 1 is 1.00 bits per heavy atom. The van der Waals surface area contributed by atoms with Crippen LogP contribution in [-0.4, -0.2) is 62.6 Å². The lowest BCUT2D eigenvalue weighted by Crippen LogP contribution is -2.26. The van der Waals surface area contributed by atoms with Crippen molar-refractivity contribution >= 4 is 28.2 Å². The molecule has 0 unspecified atom stereocenters. The summed E-state index contributed by atoms with van der Waals surface area (Å²) < 4.78 is 5.58. The SMILES string of the molecule is COc1cncc2nc(-c3ccnc(Nc4ccccc4)c3)nc(N3CC[C@@H](O)[C@@H](O)CC3)c12. The van der Waals surface area contributed by atoms with Crippen LogP contribution in [0.3, 0.4) is 0 Å². The van der Waals surface area contributed by atoms with Gasteiger partial charge in [0.25, 0.3) is 0 Å². The van der Waals surface area contributed by atoms with Crippen molar-refractivity contribution in [2.24, 2.45) is 0 Å². The van der Waals surface area contributed by atoms with Crippen molar-refractivity contribution < 1.29 is 14.9 Å². The lowest BCUT2D eigenvalue weighted by molar-refractivity contribution is 0.0187. The first-order chi connectivity index (χ1) is 16.6. The van der Waals surface area contributed by atoms with E-state index in [4.69, 9.17) is 14.7 Å². The number of aromatic nitrogens is 4. The van der Waals surface area contributed by atoms with E-state index in [-0.39, 0.29) is 0 Å². The van der Waals surface area contributed by atoms with E-state index in [1.54, 1.807) is 25.7 Å². The van der Waals surface area contributed by atoms with Gasteiger partial charge in [0.1, 0.15) is 17.4 Å². The van der Waals surface area contributed by atoms with Gasteiger partial charge >= 0.3 is 0 Å². The molecule has 0 amide bonds. The van der Waals surface area contributed by atoms with Gasteiger partial charge in [-0.3, -0.25) is 4.98 Å². The highest BCUT2D eigenvalue weighted by Crippen LogP contribution is 2.35. The molecule has 174 valence electrons. The topological polar surface area (TPSA) is 117 Å². The van der Waals surface area contributed by atoms with Gasteiger partial charge in [-0.15, -0.1) is 0 Å². The van der Waals surface area contributed by atoms with Crippen LogP contribution in [0, 0.1) is 0 Å². The summed E-state index contributed by atoms with van der Waals surface area (Å²) >= 11 is 0. The summed E-state index contributed by atoms with van der Waals surface area (Å²) in [4.78, 5) is 20.5. The van der Waals surface area contributed by atoms with Gasteiger partial charge in [0, 0.05) is 30.5 Å². The molecule has 1 aromatic carbocycles. The second-order valence-electron chi connectivity index (χ2n) is 8.23. The fourth-order valence-corrected chi connectivity index (χ4v) is 4.14. The van der Waals surface area contributed by atoms with Crippen LogP contribution in [-0.2, 0) is 0 Å². The minimum atomic E-state index is -0.757. The number of nitrogens with one attached hydrogen (secondary N) is 1. The average molecular weight is 459 g/mol. The zero-order chi connectivity index (χ0) is 23.5. The monoisotopic (exact) mass is 458 g/mol. The fourth-order valence-electron chi connectivity index (χ4n) is 4.14. The lowest BCUT2D eigenvalue weighted by Gasteiger charge is -2.24. The molecule has 3 aromatic heterocycles. The number of nitrogens with zero attached hydrogens (tertiary/aromatic N) is 5. The van der Waals surface area contributed by atoms with Gasteiger partial charge in [0.2, 0.25) is 0 Å². The summed E-state index contributed by atoms with van der Waals surface area (Å²) in [6.45, 7) is 1.10. The van der Waals surface area contributed by atoms with Crippen LogP contribution in [0.25, 0.3) is 22.3 Å². The Balaban J connectivity index is 1.58. The maximum atomic E-state index is 10.2. The molecule has 1 aliphatic rings. The highest BCUT2D eigenvalue weighted by molar-refractivity contribution is 5.95. The Labute approximate surface area is 197 Å². The van der Waals surface area contributed by atoms with Gasteiger partial charge in [-0.1, -0.05) is 18.2 Å². The normalized spacial score (nSPS) is 18.5. The van der Waals surface area contributed by atoms with E-state index in [9.17, 15) is 10.2 Å². The Morgan fingerprint density at radius 2 is 1.76 bits per heavy atom. The van der Waals surface area contributed by atoms with Crippen LogP contribution < -0.4 is 15.0 Å². The van der Waals surface area contributed by atoms with E-state index in [1.807, 2.05) is 42.5 Å². The van der Waals surface area contributed by atoms with Crippen molar-refractivity contribution in [3.8, 4) is 17.1 Å². The summed E-state index contributed by atoms with van der Waals surface area (Å²) in [7, 11) is 1.59. The smallest absolute Gasteiger partial charge is 0.162 e. The zero-order valence-corrected chi connectivity index (χ0v) is 18.8. The van der Waals surface area contributed by atoms with Crippen LogP contribution in [0.2, 0.25) is 0 Å². The molecule has 34 heavy (non-hydrogen) atoms. The first-order valence-electron chi connectivity index (χ1n) is 11.2. The van der Waals surface area contributed by atoms with Crippen molar-refractivity contribution in [2.75, 3.05) is 30.4 Å². The van der Waals surface area contributed by atoms with Crippen molar-refractivity contribution in [3.05, 3.63) is 61.1 Å². The maximum Gasteiger partial charge on any atom is 0.162 e. The number of anilines is 3.